The fourth-order valence-electron chi connectivity index (χ4n) is 8.62. The van der Waals surface area contributed by atoms with Crippen molar-refractivity contribution in [3.8, 4) is 17.1 Å². The van der Waals surface area contributed by atoms with Crippen molar-refractivity contribution in [1.29, 1.82) is 0 Å². The van der Waals surface area contributed by atoms with Crippen LogP contribution in [-0.2, 0) is 17.6 Å². The number of nitrogens with zero attached hydrogens (tertiary/aromatic N) is 5. The lowest BCUT2D eigenvalue weighted by Crippen LogP contribution is -2.63. The molecule has 1 amide bonds. The van der Waals surface area contributed by atoms with E-state index in [1.54, 1.807) is 6.07 Å². The van der Waals surface area contributed by atoms with Crippen molar-refractivity contribution in [3.05, 3.63) is 58.6 Å². The molecule has 2 aromatic carbocycles. The van der Waals surface area contributed by atoms with Crippen LogP contribution in [0.15, 0.2) is 36.7 Å². The first-order valence-corrected chi connectivity index (χ1v) is 16.4. The van der Waals surface area contributed by atoms with Crippen LogP contribution in [0.5, 0.6) is 6.01 Å². The number of rotatable bonds is 6. The summed E-state index contributed by atoms with van der Waals surface area (Å²) in [5, 5.41) is 0.717. The zero-order valence-corrected chi connectivity index (χ0v) is 25.8. The number of anilines is 1. The van der Waals surface area contributed by atoms with Gasteiger partial charge >= 0.3 is 6.01 Å². The molecule has 7 nitrogen and oxygen atoms in total. The molecule has 4 aliphatic heterocycles. The van der Waals surface area contributed by atoms with Crippen molar-refractivity contribution < 1.29 is 22.7 Å². The molecule has 45 heavy (non-hydrogen) atoms. The van der Waals surface area contributed by atoms with Gasteiger partial charge in [0.2, 0.25) is 0 Å². The van der Waals surface area contributed by atoms with Crippen LogP contribution in [0.2, 0.25) is 5.02 Å². The average Bonchev–Trinajstić information content (AvgIpc) is 3.65. The molecule has 0 spiro atoms. The number of alkyl halides is 1. The number of likely N-dealkylation sites (tertiary alicyclic amines) is 1. The van der Waals surface area contributed by atoms with Crippen molar-refractivity contribution >= 4 is 34.2 Å². The molecule has 4 fully saturated rings. The van der Waals surface area contributed by atoms with E-state index >= 15 is 4.39 Å². The highest BCUT2D eigenvalue weighted by Gasteiger charge is 2.51. The van der Waals surface area contributed by atoms with Crippen molar-refractivity contribution in [2.45, 2.75) is 75.2 Å². The lowest BCUT2D eigenvalue weighted by atomic mass is 9.85. The summed E-state index contributed by atoms with van der Waals surface area (Å²) in [5.41, 5.74) is 3.11. The first-order valence-electron chi connectivity index (χ1n) is 16.0. The van der Waals surface area contributed by atoms with Crippen LogP contribution in [-0.4, -0.2) is 82.3 Å². The van der Waals surface area contributed by atoms with Gasteiger partial charge in [0, 0.05) is 37.0 Å². The van der Waals surface area contributed by atoms with E-state index in [9.17, 15) is 13.6 Å². The van der Waals surface area contributed by atoms with E-state index in [2.05, 4.69) is 22.5 Å². The summed E-state index contributed by atoms with van der Waals surface area (Å²) in [4.78, 5) is 27.5. The highest BCUT2D eigenvalue weighted by atomic mass is 35.5. The SMILES string of the molecule is C=C(F)C(=O)N1CCC2[C@H]1CN2c1nc(OC[C@@]23CCCN2C[C@H](F)C3)nc2c(F)c(-c3cccc4c3CCCC4)c(Cl)cc12. The van der Waals surface area contributed by atoms with E-state index in [0.29, 0.717) is 49.2 Å². The number of amides is 1. The summed E-state index contributed by atoms with van der Waals surface area (Å²) < 4.78 is 51.3. The minimum atomic E-state index is -0.982. The number of ether oxygens (including phenoxy) is 1. The molecule has 0 N–H and O–H groups in total. The highest BCUT2D eigenvalue weighted by Crippen LogP contribution is 2.45. The van der Waals surface area contributed by atoms with Crippen LogP contribution in [0.3, 0.4) is 0 Å². The predicted octanol–water partition coefficient (Wildman–Crippen LogP) is 6.20. The molecular weight excluding hydrogens is 603 g/mol. The van der Waals surface area contributed by atoms with Gasteiger partial charge in [0.05, 0.1) is 22.6 Å². The third-order valence-corrected chi connectivity index (χ3v) is 11.1. The smallest absolute Gasteiger partial charge is 0.319 e. The number of benzene rings is 2. The van der Waals surface area contributed by atoms with Crippen molar-refractivity contribution in [1.82, 2.24) is 19.8 Å². The third kappa shape index (κ3) is 4.61. The van der Waals surface area contributed by atoms with Gasteiger partial charge in [-0.1, -0.05) is 36.4 Å². The van der Waals surface area contributed by atoms with Gasteiger partial charge in [0.1, 0.15) is 24.1 Å². The van der Waals surface area contributed by atoms with Crippen molar-refractivity contribution in [3.63, 3.8) is 0 Å². The first kappa shape index (κ1) is 29.1. The number of hydrogen-bond donors (Lipinski definition) is 0. The Hall–Kier alpha value is -3.37. The van der Waals surface area contributed by atoms with Gasteiger partial charge in [-0.2, -0.15) is 9.97 Å². The van der Waals surface area contributed by atoms with Crippen LogP contribution in [0.4, 0.5) is 19.0 Å². The van der Waals surface area contributed by atoms with Crippen LogP contribution in [0.25, 0.3) is 22.0 Å². The van der Waals surface area contributed by atoms with E-state index in [1.165, 1.54) is 10.5 Å². The number of halogens is 4. The average molecular weight is 638 g/mol. The second kappa shape index (κ2) is 10.9. The molecule has 0 radical (unpaired) electrons. The Morgan fingerprint density at radius 3 is 2.82 bits per heavy atom. The summed E-state index contributed by atoms with van der Waals surface area (Å²) in [7, 11) is 0. The summed E-state index contributed by atoms with van der Waals surface area (Å²) in [5.74, 6) is -1.76. The molecule has 8 rings (SSSR count). The molecule has 0 bridgehead atoms. The lowest BCUT2D eigenvalue weighted by molar-refractivity contribution is -0.130. The minimum absolute atomic E-state index is 0.0230. The maximum Gasteiger partial charge on any atom is 0.319 e. The Morgan fingerprint density at radius 1 is 1.13 bits per heavy atom. The summed E-state index contributed by atoms with van der Waals surface area (Å²) >= 11 is 6.90. The molecule has 5 aliphatic rings. The molecule has 11 heteroatoms. The van der Waals surface area contributed by atoms with Crippen LogP contribution < -0.4 is 9.64 Å². The van der Waals surface area contributed by atoms with Gasteiger partial charge in [0.25, 0.3) is 5.91 Å². The van der Waals surface area contributed by atoms with Gasteiger partial charge in [-0.25, -0.2) is 13.2 Å². The summed E-state index contributed by atoms with van der Waals surface area (Å²) in [6.07, 6.45) is 5.81. The number of hydrogen-bond acceptors (Lipinski definition) is 6. The number of carbonyl (C=O) groups is 1. The Labute approximate surface area is 265 Å². The fourth-order valence-corrected chi connectivity index (χ4v) is 8.92. The van der Waals surface area contributed by atoms with Crippen LogP contribution >= 0.6 is 11.6 Å². The van der Waals surface area contributed by atoms with E-state index in [4.69, 9.17) is 21.3 Å². The maximum absolute atomic E-state index is 16.9. The molecule has 1 aliphatic carbocycles. The van der Waals surface area contributed by atoms with Crippen molar-refractivity contribution in [2.24, 2.45) is 0 Å². The first-order chi connectivity index (χ1) is 21.7. The van der Waals surface area contributed by atoms with Gasteiger partial charge < -0.3 is 14.5 Å². The quantitative estimate of drug-likeness (QED) is 0.300. The Morgan fingerprint density at radius 2 is 1.98 bits per heavy atom. The van der Waals surface area contributed by atoms with Crippen LogP contribution in [0.1, 0.15) is 49.7 Å². The molecule has 4 saturated heterocycles. The second-order valence-electron chi connectivity index (χ2n) is 13.3. The second-order valence-corrected chi connectivity index (χ2v) is 13.7. The third-order valence-electron chi connectivity index (χ3n) is 10.8. The lowest BCUT2D eigenvalue weighted by Gasteiger charge is -2.47. The van der Waals surface area contributed by atoms with E-state index in [1.807, 2.05) is 17.0 Å². The van der Waals surface area contributed by atoms with Gasteiger partial charge in [-0.05, 0) is 74.2 Å². The van der Waals surface area contributed by atoms with Gasteiger partial charge in [0.15, 0.2) is 11.6 Å². The van der Waals surface area contributed by atoms with E-state index < -0.39 is 29.3 Å². The molecule has 236 valence electrons. The predicted molar refractivity (Wildman–Crippen MR) is 167 cm³/mol. The molecule has 3 aromatic rings. The Bertz CT molecular complexity index is 1740. The number of aryl methyl sites for hydroxylation is 1. The molecule has 0 saturated carbocycles. The topological polar surface area (TPSA) is 61.8 Å². The molecule has 4 atom stereocenters. The largest absolute Gasteiger partial charge is 0.461 e. The zero-order chi connectivity index (χ0) is 31.0. The fraction of sp³-hybridized carbons (Fsp3) is 0.500. The van der Waals surface area contributed by atoms with Crippen molar-refractivity contribution in [2.75, 3.05) is 37.7 Å². The minimum Gasteiger partial charge on any atom is -0.461 e. The summed E-state index contributed by atoms with van der Waals surface area (Å²) in [6, 6.07) is 7.38. The maximum atomic E-state index is 16.9. The van der Waals surface area contributed by atoms with Gasteiger partial charge in [-0.15, -0.1) is 0 Å². The number of aromatic nitrogens is 2. The van der Waals surface area contributed by atoms with Gasteiger partial charge in [-0.3, -0.25) is 9.69 Å². The Kier molecular flexibility index (Phi) is 7.02. The monoisotopic (exact) mass is 637 g/mol. The molecule has 1 aromatic heterocycles. The van der Waals surface area contributed by atoms with E-state index in [-0.39, 0.29) is 35.2 Å². The molecular formula is C34H35ClF3N5O2. The van der Waals surface area contributed by atoms with Crippen LogP contribution in [0, 0.1) is 5.82 Å². The highest BCUT2D eigenvalue weighted by molar-refractivity contribution is 6.34. The number of carbonyl (C=O) groups excluding carboxylic acids is 1. The zero-order valence-electron chi connectivity index (χ0n) is 25.0. The molecule has 5 heterocycles. The summed E-state index contributed by atoms with van der Waals surface area (Å²) in [6.45, 7) is 5.38. The number of fused-ring (bicyclic) bond motifs is 4. The normalized spacial score (nSPS) is 27.3. The standard InChI is InChI=1S/C34H35ClF3N5O2/c1-19(36)32(44)42-13-10-26-27(42)17-43(26)31-24-14-25(35)28(23-9-4-7-20-6-2-3-8-22(20)23)29(38)30(24)39-33(40-31)45-18-34-11-5-12-41(34)16-21(37)15-34/h4,7,9,14,21,26-27H,1-3,5-6,8,10-13,15-18H2/t21-,26?,27-,34+/m1/s1. The van der Waals surface area contributed by atoms with E-state index in [0.717, 1.165) is 56.2 Å². The molecule has 1 unspecified atom stereocenters. The Balaban J connectivity index is 1.21.